The van der Waals surface area contributed by atoms with Gasteiger partial charge in [-0.05, 0) is 37.3 Å². The molecule has 0 bridgehead atoms. The lowest BCUT2D eigenvalue weighted by Crippen LogP contribution is -2.22. The van der Waals surface area contributed by atoms with Crippen LogP contribution in [0.25, 0.3) is 5.69 Å². The molecule has 8 heteroatoms. The molecule has 0 aliphatic heterocycles. The van der Waals surface area contributed by atoms with Crippen LogP contribution >= 0.6 is 11.8 Å². The van der Waals surface area contributed by atoms with Crippen molar-refractivity contribution in [1.82, 2.24) is 14.8 Å². The van der Waals surface area contributed by atoms with Crippen LogP contribution in [0.4, 0.5) is 10.1 Å². The van der Waals surface area contributed by atoms with E-state index in [0.29, 0.717) is 22.1 Å². The van der Waals surface area contributed by atoms with E-state index < -0.39 is 11.1 Å². The number of rotatable bonds is 5. The van der Waals surface area contributed by atoms with Gasteiger partial charge in [-0.3, -0.25) is 9.36 Å². The van der Waals surface area contributed by atoms with Crippen molar-refractivity contribution >= 4 is 23.4 Å². The summed E-state index contributed by atoms with van der Waals surface area (Å²) in [5.74, 6) is -0.659. The minimum atomic E-state index is -0.504. The summed E-state index contributed by atoms with van der Waals surface area (Å²) in [6, 6.07) is 15.0. The molecule has 1 heterocycles. The molecule has 1 amide bonds. The van der Waals surface area contributed by atoms with Crippen molar-refractivity contribution in [2.45, 2.75) is 17.3 Å². The molecule has 1 aromatic heterocycles. The number of para-hydroxylation sites is 1. The fourth-order valence-corrected chi connectivity index (χ4v) is 3.07. The second-order valence-corrected chi connectivity index (χ2v) is 6.68. The topological polar surface area (TPSA) is 83.6 Å². The quantitative estimate of drug-likeness (QED) is 0.699. The van der Waals surface area contributed by atoms with Crippen LogP contribution in [0.15, 0.2) is 60.0 Å². The molecule has 26 heavy (non-hydrogen) atoms. The molecule has 0 aliphatic carbocycles. The number of nitrogens with zero attached hydrogens (tertiary/aromatic N) is 4. The van der Waals surface area contributed by atoms with Gasteiger partial charge in [-0.2, -0.15) is 5.26 Å². The fraction of sp³-hybridized carbons (Fsp3) is 0.111. The predicted octanol–water partition coefficient (Wildman–Crippen LogP) is 3.40. The van der Waals surface area contributed by atoms with Crippen molar-refractivity contribution in [3.05, 3.63) is 66.2 Å². The normalized spacial score (nSPS) is 11.6. The van der Waals surface area contributed by atoms with Gasteiger partial charge in [-0.15, -0.1) is 10.2 Å². The third kappa shape index (κ3) is 3.90. The van der Waals surface area contributed by atoms with Gasteiger partial charge < -0.3 is 5.32 Å². The second-order valence-electron chi connectivity index (χ2n) is 5.38. The molecule has 1 N–H and O–H groups in total. The smallest absolute Gasteiger partial charge is 0.237 e. The molecule has 0 saturated heterocycles. The molecule has 0 saturated carbocycles. The van der Waals surface area contributed by atoms with Gasteiger partial charge in [0.1, 0.15) is 12.1 Å². The van der Waals surface area contributed by atoms with E-state index in [0.717, 1.165) is 11.8 Å². The van der Waals surface area contributed by atoms with E-state index in [2.05, 4.69) is 15.5 Å². The molecule has 0 spiro atoms. The average molecular weight is 367 g/mol. The van der Waals surface area contributed by atoms with E-state index in [1.165, 1.54) is 17.0 Å². The maximum atomic E-state index is 14.0. The highest BCUT2D eigenvalue weighted by atomic mass is 32.2. The molecule has 6 nitrogen and oxygen atoms in total. The molecule has 3 aromatic rings. The summed E-state index contributed by atoms with van der Waals surface area (Å²) in [5, 5.41) is 19.4. The number of hydrogen-bond acceptors (Lipinski definition) is 5. The Bertz CT molecular complexity index is 981. The summed E-state index contributed by atoms with van der Waals surface area (Å²) in [7, 11) is 0. The third-order valence-electron chi connectivity index (χ3n) is 3.54. The highest BCUT2D eigenvalue weighted by molar-refractivity contribution is 8.00. The highest BCUT2D eigenvalue weighted by Gasteiger charge is 2.19. The summed E-state index contributed by atoms with van der Waals surface area (Å²) < 4.78 is 15.5. The Hall–Kier alpha value is -3.18. The zero-order valence-corrected chi connectivity index (χ0v) is 14.6. The largest absolute Gasteiger partial charge is 0.325 e. The monoisotopic (exact) mass is 367 g/mol. The van der Waals surface area contributed by atoms with Gasteiger partial charge in [-0.1, -0.05) is 30.0 Å². The van der Waals surface area contributed by atoms with Gasteiger partial charge in [0.05, 0.1) is 22.6 Å². The number of carbonyl (C=O) groups excluding carboxylic acids is 1. The Morgan fingerprint density at radius 1 is 1.31 bits per heavy atom. The van der Waals surface area contributed by atoms with Crippen molar-refractivity contribution in [1.29, 1.82) is 5.26 Å². The molecule has 3 rings (SSSR count). The Morgan fingerprint density at radius 3 is 2.88 bits per heavy atom. The van der Waals surface area contributed by atoms with Gasteiger partial charge in [0, 0.05) is 5.69 Å². The standard InChI is InChI=1S/C18H14FN5OS/c1-12(17(25)22-14-6-4-5-13(9-14)10-20)26-18-23-21-11-24(18)16-8-3-2-7-15(16)19/h2-9,11-12H,1H3,(H,22,25). The summed E-state index contributed by atoms with van der Waals surface area (Å²) in [5.41, 5.74) is 1.31. The van der Waals surface area contributed by atoms with E-state index in [1.54, 1.807) is 49.4 Å². The van der Waals surface area contributed by atoms with Crippen LogP contribution in [0, 0.1) is 17.1 Å². The summed E-state index contributed by atoms with van der Waals surface area (Å²) in [6.07, 6.45) is 1.40. The maximum absolute atomic E-state index is 14.0. The number of carbonyl (C=O) groups is 1. The average Bonchev–Trinajstić information content (AvgIpc) is 3.10. The lowest BCUT2D eigenvalue weighted by molar-refractivity contribution is -0.115. The van der Waals surface area contributed by atoms with Gasteiger partial charge in [-0.25, -0.2) is 4.39 Å². The van der Waals surface area contributed by atoms with Crippen LogP contribution in [0.2, 0.25) is 0 Å². The molecule has 1 unspecified atom stereocenters. The number of amides is 1. The van der Waals surface area contributed by atoms with Crippen LogP contribution in [-0.4, -0.2) is 25.9 Å². The zero-order valence-electron chi connectivity index (χ0n) is 13.8. The lowest BCUT2D eigenvalue weighted by Gasteiger charge is -2.13. The third-order valence-corrected chi connectivity index (χ3v) is 4.60. The Balaban J connectivity index is 1.73. The van der Waals surface area contributed by atoms with Crippen LogP contribution in [-0.2, 0) is 4.79 Å². The lowest BCUT2D eigenvalue weighted by atomic mass is 10.2. The van der Waals surface area contributed by atoms with E-state index in [4.69, 9.17) is 5.26 Å². The maximum Gasteiger partial charge on any atom is 0.237 e. The van der Waals surface area contributed by atoms with Crippen molar-refractivity contribution in [3.8, 4) is 11.8 Å². The summed E-state index contributed by atoms with van der Waals surface area (Å²) in [4.78, 5) is 12.4. The van der Waals surface area contributed by atoms with E-state index in [9.17, 15) is 9.18 Å². The van der Waals surface area contributed by atoms with E-state index >= 15 is 0 Å². The molecule has 1 atom stereocenters. The van der Waals surface area contributed by atoms with Crippen molar-refractivity contribution < 1.29 is 9.18 Å². The highest BCUT2D eigenvalue weighted by Crippen LogP contribution is 2.25. The van der Waals surface area contributed by atoms with Gasteiger partial charge in [0.25, 0.3) is 0 Å². The van der Waals surface area contributed by atoms with Crippen LogP contribution in [0.3, 0.4) is 0 Å². The first-order valence-electron chi connectivity index (χ1n) is 7.71. The Labute approximate surface area is 153 Å². The fourth-order valence-electron chi connectivity index (χ4n) is 2.24. The number of hydrogen-bond donors (Lipinski definition) is 1. The van der Waals surface area contributed by atoms with Crippen LogP contribution in [0.5, 0.6) is 0 Å². The number of benzene rings is 2. The molecule has 0 fully saturated rings. The van der Waals surface area contributed by atoms with Gasteiger partial charge >= 0.3 is 0 Å². The van der Waals surface area contributed by atoms with Crippen molar-refractivity contribution in [3.63, 3.8) is 0 Å². The SMILES string of the molecule is CC(Sc1nncn1-c1ccccc1F)C(=O)Nc1cccc(C#N)c1. The molecule has 130 valence electrons. The molecule has 0 aliphatic rings. The number of thioether (sulfide) groups is 1. The first-order chi connectivity index (χ1) is 12.6. The number of halogens is 1. The number of aromatic nitrogens is 3. The Morgan fingerprint density at radius 2 is 2.12 bits per heavy atom. The molecule has 0 radical (unpaired) electrons. The predicted molar refractivity (Wildman–Crippen MR) is 96.4 cm³/mol. The Kier molecular flexibility index (Phi) is 5.29. The molecular formula is C18H14FN5OS. The van der Waals surface area contributed by atoms with Crippen LogP contribution < -0.4 is 5.32 Å². The summed E-state index contributed by atoms with van der Waals surface area (Å²) in [6.45, 7) is 1.72. The van der Waals surface area contributed by atoms with Crippen molar-refractivity contribution in [2.75, 3.05) is 5.32 Å². The minimum Gasteiger partial charge on any atom is -0.325 e. The first-order valence-corrected chi connectivity index (χ1v) is 8.59. The second kappa shape index (κ2) is 7.80. The van der Waals surface area contributed by atoms with Crippen LogP contribution in [0.1, 0.15) is 12.5 Å². The van der Waals surface area contributed by atoms with Crippen molar-refractivity contribution in [2.24, 2.45) is 0 Å². The molecule has 2 aromatic carbocycles. The minimum absolute atomic E-state index is 0.256. The number of anilines is 1. The van der Waals surface area contributed by atoms with E-state index in [-0.39, 0.29) is 5.91 Å². The van der Waals surface area contributed by atoms with Gasteiger partial charge in [0.15, 0.2) is 5.16 Å². The summed E-state index contributed by atoms with van der Waals surface area (Å²) >= 11 is 1.16. The zero-order chi connectivity index (χ0) is 18.5. The first kappa shape index (κ1) is 17.6. The van der Waals surface area contributed by atoms with Gasteiger partial charge in [0.2, 0.25) is 5.91 Å². The molecular weight excluding hydrogens is 353 g/mol. The number of nitriles is 1. The number of nitrogens with one attached hydrogen (secondary N) is 1. The van der Waals surface area contributed by atoms with E-state index in [1.807, 2.05) is 6.07 Å².